The second-order valence-electron chi connectivity index (χ2n) is 7.82. The smallest absolute Gasteiger partial charge is 0.264 e. The zero-order valence-electron chi connectivity index (χ0n) is 18.0. The second-order valence-corrected chi connectivity index (χ2v) is 10.8. The van der Waals surface area contributed by atoms with Gasteiger partial charge in [-0.3, -0.25) is 14.0 Å². The number of nitrogens with zero attached hydrogens (tertiary/aromatic N) is 2. The van der Waals surface area contributed by atoms with E-state index in [2.05, 4.69) is 21.7 Å². The van der Waals surface area contributed by atoms with Crippen LogP contribution in [0.4, 0.5) is 5.69 Å². The summed E-state index contributed by atoms with van der Waals surface area (Å²) in [7, 11) is -2.18. The molecule has 1 saturated heterocycles. The molecule has 1 N–H and O–H groups in total. The number of likely N-dealkylation sites (tertiary alicyclic amines) is 1. The Kier molecular flexibility index (Phi) is 6.93. The van der Waals surface area contributed by atoms with Gasteiger partial charge in [0.25, 0.3) is 15.9 Å². The molecule has 6 nitrogen and oxygen atoms in total. The highest BCUT2D eigenvalue weighted by molar-refractivity contribution is 7.92. The molecule has 8 heteroatoms. The highest BCUT2D eigenvalue weighted by atomic mass is 32.2. The lowest BCUT2D eigenvalue weighted by Gasteiger charge is -2.27. The maximum Gasteiger partial charge on any atom is 0.264 e. The molecule has 0 spiro atoms. The number of para-hydroxylation sites is 1. The van der Waals surface area contributed by atoms with Gasteiger partial charge in [-0.1, -0.05) is 24.3 Å². The summed E-state index contributed by atoms with van der Waals surface area (Å²) >= 11 is 1.71. The van der Waals surface area contributed by atoms with Crippen LogP contribution < -0.4 is 9.62 Å². The molecule has 2 aromatic carbocycles. The first-order chi connectivity index (χ1) is 15.5. The molecule has 3 aromatic rings. The molecule has 2 heterocycles. The SMILES string of the molecule is CN(c1ccccc1)S(=O)(=O)c1ccc(C(=O)NC[C@H](c2cccs2)N2CCCC2)cc1. The first-order valence-corrected chi connectivity index (χ1v) is 13.0. The van der Waals surface area contributed by atoms with Crippen LogP contribution in [0.3, 0.4) is 0 Å². The van der Waals surface area contributed by atoms with Gasteiger partial charge < -0.3 is 5.32 Å². The summed E-state index contributed by atoms with van der Waals surface area (Å²) in [6.45, 7) is 2.61. The van der Waals surface area contributed by atoms with Gasteiger partial charge in [0.2, 0.25) is 0 Å². The normalized spacial score (nSPS) is 15.4. The predicted octanol–water partition coefficient (Wildman–Crippen LogP) is 4.14. The maximum atomic E-state index is 12.9. The number of amides is 1. The summed E-state index contributed by atoms with van der Waals surface area (Å²) in [6.07, 6.45) is 2.37. The highest BCUT2D eigenvalue weighted by Crippen LogP contribution is 2.28. The molecule has 0 saturated carbocycles. The summed E-state index contributed by atoms with van der Waals surface area (Å²) in [4.78, 5) is 16.6. The molecule has 0 aliphatic carbocycles. The molecular weight excluding hydrogens is 442 g/mol. The minimum atomic E-state index is -3.70. The molecule has 1 atom stereocenters. The van der Waals surface area contributed by atoms with E-state index in [1.54, 1.807) is 47.7 Å². The van der Waals surface area contributed by atoms with Crippen LogP contribution in [0.25, 0.3) is 0 Å². The van der Waals surface area contributed by atoms with Crippen molar-refractivity contribution in [3.8, 4) is 0 Å². The Balaban J connectivity index is 1.44. The van der Waals surface area contributed by atoms with E-state index in [0.29, 0.717) is 17.8 Å². The Morgan fingerprint density at radius 3 is 2.34 bits per heavy atom. The van der Waals surface area contributed by atoms with E-state index in [1.165, 1.54) is 41.2 Å². The molecule has 168 valence electrons. The highest BCUT2D eigenvalue weighted by Gasteiger charge is 2.25. The fourth-order valence-corrected chi connectivity index (χ4v) is 6.00. The van der Waals surface area contributed by atoms with E-state index < -0.39 is 10.0 Å². The Morgan fingerprint density at radius 1 is 1.03 bits per heavy atom. The summed E-state index contributed by atoms with van der Waals surface area (Å²) < 4.78 is 27.1. The third-order valence-electron chi connectivity index (χ3n) is 5.80. The van der Waals surface area contributed by atoms with Crippen molar-refractivity contribution in [1.29, 1.82) is 0 Å². The Bertz CT molecular complexity index is 1130. The molecule has 1 aliphatic rings. The minimum Gasteiger partial charge on any atom is -0.350 e. The van der Waals surface area contributed by atoms with Gasteiger partial charge in [-0.15, -0.1) is 11.3 Å². The number of anilines is 1. The largest absolute Gasteiger partial charge is 0.350 e. The Labute approximate surface area is 193 Å². The van der Waals surface area contributed by atoms with Crippen LogP contribution in [0, 0.1) is 0 Å². The minimum absolute atomic E-state index is 0.147. The van der Waals surface area contributed by atoms with Gasteiger partial charge in [-0.2, -0.15) is 0 Å². The third kappa shape index (κ3) is 4.87. The molecule has 4 rings (SSSR count). The van der Waals surface area contributed by atoms with E-state index in [9.17, 15) is 13.2 Å². The number of hydrogen-bond acceptors (Lipinski definition) is 5. The second kappa shape index (κ2) is 9.85. The number of rotatable bonds is 8. The summed E-state index contributed by atoms with van der Waals surface area (Å²) in [5, 5.41) is 5.10. The molecule has 1 aliphatic heterocycles. The quantitative estimate of drug-likeness (QED) is 0.538. The fourth-order valence-electron chi connectivity index (χ4n) is 3.95. The van der Waals surface area contributed by atoms with Crippen LogP contribution in [0.5, 0.6) is 0 Å². The average molecular weight is 470 g/mol. The number of carbonyl (C=O) groups excluding carboxylic acids is 1. The number of nitrogens with one attached hydrogen (secondary N) is 1. The van der Waals surface area contributed by atoms with Gasteiger partial charge in [0, 0.05) is 24.0 Å². The van der Waals surface area contributed by atoms with Gasteiger partial charge in [0.15, 0.2) is 0 Å². The standard InChI is InChI=1S/C24H27N3O3S2/c1-26(20-8-3-2-4-9-20)32(29,30)21-13-11-19(12-14-21)24(28)25-18-22(23-10-7-17-31-23)27-15-5-6-16-27/h2-4,7-14,17,22H,5-6,15-16,18H2,1H3,(H,25,28)/t22-/m1/s1. The van der Waals surface area contributed by atoms with Gasteiger partial charge in [-0.25, -0.2) is 8.42 Å². The van der Waals surface area contributed by atoms with Crippen molar-refractivity contribution >= 4 is 33.0 Å². The molecule has 0 bridgehead atoms. The van der Waals surface area contributed by atoms with Crippen LogP contribution in [-0.4, -0.2) is 45.9 Å². The van der Waals surface area contributed by atoms with Crippen molar-refractivity contribution in [2.75, 3.05) is 31.0 Å². The Morgan fingerprint density at radius 2 is 1.72 bits per heavy atom. The van der Waals surface area contributed by atoms with Gasteiger partial charge in [0.05, 0.1) is 16.6 Å². The van der Waals surface area contributed by atoms with E-state index in [-0.39, 0.29) is 16.8 Å². The molecule has 0 unspecified atom stereocenters. The average Bonchev–Trinajstić information content (AvgIpc) is 3.54. The first-order valence-electron chi connectivity index (χ1n) is 10.7. The van der Waals surface area contributed by atoms with Crippen molar-refractivity contribution in [3.63, 3.8) is 0 Å². The van der Waals surface area contributed by atoms with E-state index >= 15 is 0 Å². The van der Waals surface area contributed by atoms with E-state index in [0.717, 1.165) is 13.1 Å². The van der Waals surface area contributed by atoms with Crippen molar-refractivity contribution < 1.29 is 13.2 Å². The van der Waals surface area contributed by atoms with Gasteiger partial charge in [-0.05, 0) is 73.8 Å². The number of sulfonamides is 1. The van der Waals surface area contributed by atoms with Crippen molar-refractivity contribution in [1.82, 2.24) is 10.2 Å². The number of benzene rings is 2. The lowest BCUT2D eigenvalue weighted by Crippen LogP contribution is -2.36. The summed E-state index contributed by atoms with van der Waals surface area (Å²) in [5.74, 6) is -0.203. The number of thiophene rings is 1. The van der Waals surface area contributed by atoms with Crippen LogP contribution in [-0.2, 0) is 10.0 Å². The monoisotopic (exact) mass is 469 g/mol. The van der Waals surface area contributed by atoms with Crippen molar-refractivity contribution in [2.45, 2.75) is 23.8 Å². The number of hydrogen-bond donors (Lipinski definition) is 1. The zero-order valence-corrected chi connectivity index (χ0v) is 19.6. The topological polar surface area (TPSA) is 69.7 Å². The first kappa shape index (κ1) is 22.5. The van der Waals surface area contributed by atoms with E-state index in [4.69, 9.17) is 0 Å². The van der Waals surface area contributed by atoms with Crippen LogP contribution in [0.15, 0.2) is 77.0 Å². The van der Waals surface area contributed by atoms with Crippen molar-refractivity contribution in [2.24, 2.45) is 0 Å². The number of carbonyl (C=O) groups is 1. The lowest BCUT2D eigenvalue weighted by molar-refractivity contribution is 0.0938. The Hall–Kier alpha value is -2.68. The zero-order chi connectivity index (χ0) is 22.6. The van der Waals surface area contributed by atoms with Crippen LogP contribution >= 0.6 is 11.3 Å². The lowest BCUT2D eigenvalue weighted by atomic mass is 10.2. The third-order valence-corrected chi connectivity index (χ3v) is 8.58. The maximum absolute atomic E-state index is 12.9. The molecule has 32 heavy (non-hydrogen) atoms. The molecule has 1 aromatic heterocycles. The molecule has 1 fully saturated rings. The summed E-state index contributed by atoms with van der Waals surface area (Å²) in [6, 6.07) is 19.3. The predicted molar refractivity (Wildman–Crippen MR) is 129 cm³/mol. The van der Waals surface area contributed by atoms with Crippen LogP contribution in [0.1, 0.15) is 34.1 Å². The molecular formula is C24H27N3O3S2. The fraction of sp³-hybridized carbons (Fsp3) is 0.292. The summed E-state index contributed by atoms with van der Waals surface area (Å²) in [5.41, 5.74) is 1.02. The van der Waals surface area contributed by atoms with Crippen LogP contribution in [0.2, 0.25) is 0 Å². The van der Waals surface area contributed by atoms with E-state index in [1.807, 2.05) is 12.1 Å². The molecule has 0 radical (unpaired) electrons. The van der Waals surface area contributed by atoms with Crippen molar-refractivity contribution in [3.05, 3.63) is 82.6 Å². The van der Waals surface area contributed by atoms with Gasteiger partial charge in [0.1, 0.15) is 0 Å². The van der Waals surface area contributed by atoms with Gasteiger partial charge >= 0.3 is 0 Å². The molecule has 1 amide bonds.